The summed E-state index contributed by atoms with van der Waals surface area (Å²) in [6, 6.07) is 11.5. The highest BCUT2D eigenvalue weighted by atomic mass is 19.4. The summed E-state index contributed by atoms with van der Waals surface area (Å²) < 4.78 is 99.9. The van der Waals surface area contributed by atoms with Crippen LogP contribution in [0.15, 0.2) is 74.8 Å². The maximum atomic E-state index is 12.9. The van der Waals surface area contributed by atoms with Crippen molar-refractivity contribution in [3.63, 3.8) is 0 Å². The molecule has 4 rings (SSSR count). The van der Waals surface area contributed by atoms with Gasteiger partial charge in [0.15, 0.2) is 11.5 Å². The van der Waals surface area contributed by atoms with Gasteiger partial charge in [-0.1, -0.05) is 24.3 Å². The van der Waals surface area contributed by atoms with Gasteiger partial charge in [0.1, 0.15) is 13.2 Å². The summed E-state index contributed by atoms with van der Waals surface area (Å²) >= 11 is 0. The zero-order chi connectivity index (χ0) is 29.1. The molecule has 8 nitrogen and oxygen atoms in total. The topological polar surface area (TPSA) is 95.7 Å². The Morgan fingerprint density at radius 3 is 1.70 bits per heavy atom. The number of H-pyrrole nitrogens is 1. The molecule has 1 N–H and O–H groups in total. The van der Waals surface area contributed by atoms with E-state index in [9.17, 15) is 35.9 Å². The monoisotopic (exact) mass is 570 g/mol. The molecule has 0 bridgehead atoms. The second-order valence-electron chi connectivity index (χ2n) is 8.44. The van der Waals surface area contributed by atoms with E-state index >= 15 is 0 Å². The van der Waals surface area contributed by atoms with Gasteiger partial charge in [-0.15, -0.1) is 4.74 Å². The highest BCUT2D eigenvalue weighted by Gasteiger charge is 2.30. The normalized spacial score (nSPS) is 11.9. The average Bonchev–Trinajstić information content (AvgIpc) is 3.21. The van der Waals surface area contributed by atoms with Crippen molar-refractivity contribution < 1.29 is 45.1 Å². The first kappa shape index (κ1) is 28.4. The molecule has 0 radical (unpaired) electrons. The molecule has 1 aromatic heterocycles. The van der Waals surface area contributed by atoms with Crippen LogP contribution in [0.5, 0.6) is 17.2 Å². The Morgan fingerprint density at radius 1 is 0.750 bits per heavy atom. The van der Waals surface area contributed by atoms with E-state index in [-0.39, 0.29) is 37.0 Å². The molecular formula is C26H20F6N2O6. The lowest BCUT2D eigenvalue weighted by atomic mass is 10.1. The fraction of sp³-hybridized carbons (Fsp3) is 0.231. The van der Waals surface area contributed by atoms with Crippen LogP contribution in [0.1, 0.15) is 27.8 Å². The molecule has 0 spiro atoms. The molecule has 0 saturated carbocycles. The smallest absolute Gasteiger partial charge is 0.440 e. The molecule has 0 amide bonds. The van der Waals surface area contributed by atoms with Crippen molar-refractivity contribution >= 4 is 0 Å². The SMILES string of the molecule is COc1cc(Cn2oc(=O)[nH]c2=O)cc(OCc2ccc(C(F)(F)F)cc2)c1OCc1ccc(C(F)(F)F)cc1. The number of halogens is 6. The fourth-order valence-electron chi connectivity index (χ4n) is 3.60. The Morgan fingerprint density at radius 2 is 1.25 bits per heavy atom. The Hall–Kier alpha value is -4.62. The maximum absolute atomic E-state index is 12.9. The Bertz CT molecular complexity index is 1570. The van der Waals surface area contributed by atoms with Crippen LogP contribution in [0.25, 0.3) is 0 Å². The van der Waals surface area contributed by atoms with Gasteiger partial charge in [0.25, 0.3) is 0 Å². The number of nitrogens with zero attached hydrogens (tertiary/aromatic N) is 1. The third kappa shape index (κ3) is 6.87. The fourth-order valence-corrected chi connectivity index (χ4v) is 3.60. The van der Waals surface area contributed by atoms with Crippen molar-refractivity contribution in [3.8, 4) is 17.2 Å². The highest BCUT2D eigenvalue weighted by Crippen LogP contribution is 2.40. The van der Waals surface area contributed by atoms with E-state index in [0.717, 1.165) is 29.0 Å². The molecule has 1 heterocycles. The van der Waals surface area contributed by atoms with Crippen molar-refractivity contribution in [3.05, 3.63) is 110 Å². The number of benzene rings is 3. The van der Waals surface area contributed by atoms with Gasteiger partial charge >= 0.3 is 23.8 Å². The average molecular weight is 570 g/mol. The van der Waals surface area contributed by atoms with Crippen molar-refractivity contribution in [1.29, 1.82) is 0 Å². The van der Waals surface area contributed by atoms with Crippen LogP contribution in [0.2, 0.25) is 0 Å². The van der Waals surface area contributed by atoms with Crippen LogP contribution in [-0.4, -0.2) is 16.8 Å². The summed E-state index contributed by atoms with van der Waals surface area (Å²) in [5.41, 5.74) is -1.32. The molecule has 0 aliphatic carbocycles. The minimum absolute atomic E-state index is 0.0425. The molecule has 0 unspecified atom stereocenters. The first-order chi connectivity index (χ1) is 18.8. The molecule has 0 aliphatic rings. The number of alkyl halides is 6. The Labute approximate surface area is 221 Å². The highest BCUT2D eigenvalue weighted by molar-refractivity contribution is 5.54. The van der Waals surface area contributed by atoms with E-state index in [2.05, 4.69) is 0 Å². The molecule has 14 heteroatoms. The number of nitrogens with one attached hydrogen (secondary N) is 1. The maximum Gasteiger partial charge on any atom is 0.440 e. The van der Waals surface area contributed by atoms with Crippen molar-refractivity contribution in [1.82, 2.24) is 9.72 Å². The van der Waals surface area contributed by atoms with Crippen LogP contribution >= 0.6 is 0 Å². The van der Waals surface area contributed by atoms with Crippen molar-refractivity contribution in [2.24, 2.45) is 0 Å². The quantitative estimate of drug-likeness (QED) is 0.272. The molecule has 40 heavy (non-hydrogen) atoms. The molecule has 0 aliphatic heterocycles. The number of methoxy groups -OCH3 is 1. The largest absolute Gasteiger partial charge is 0.493 e. The van der Waals surface area contributed by atoms with Gasteiger partial charge in [-0.05, 0) is 53.1 Å². The van der Waals surface area contributed by atoms with Gasteiger partial charge in [0.05, 0.1) is 24.8 Å². The lowest BCUT2D eigenvalue weighted by molar-refractivity contribution is -0.138. The standard InChI is InChI=1S/C26H20F6N2O6/c1-37-20-10-17(12-34-23(35)33-24(36)40-34)11-21(38-13-15-2-6-18(7-3-15)25(27,28)29)22(20)39-14-16-4-8-19(9-5-16)26(30,31)32/h2-11H,12-14H2,1H3,(H,33,35,36). The number of aromatic nitrogens is 2. The molecular weight excluding hydrogens is 550 g/mol. The molecule has 3 aromatic carbocycles. The van der Waals surface area contributed by atoms with Gasteiger partial charge in [-0.3, -0.25) is 0 Å². The first-order valence-corrected chi connectivity index (χ1v) is 11.4. The van der Waals surface area contributed by atoms with Gasteiger partial charge in [-0.25, -0.2) is 14.6 Å². The third-order valence-corrected chi connectivity index (χ3v) is 5.60. The van der Waals surface area contributed by atoms with Crippen molar-refractivity contribution in [2.75, 3.05) is 7.11 Å². The lowest BCUT2D eigenvalue weighted by Gasteiger charge is -2.18. The molecule has 4 aromatic rings. The predicted octanol–water partition coefficient (Wildman–Crippen LogP) is 5.38. The van der Waals surface area contributed by atoms with Gasteiger partial charge in [0.2, 0.25) is 5.75 Å². The van der Waals surface area contributed by atoms with E-state index in [1.807, 2.05) is 4.98 Å². The lowest BCUT2D eigenvalue weighted by Crippen LogP contribution is -2.17. The van der Waals surface area contributed by atoms with E-state index in [0.29, 0.717) is 16.7 Å². The second kappa shape index (κ2) is 11.2. The van der Waals surface area contributed by atoms with Gasteiger partial charge in [-0.2, -0.15) is 26.3 Å². The van der Waals surface area contributed by atoms with Gasteiger partial charge in [0, 0.05) is 0 Å². The van der Waals surface area contributed by atoms with E-state index in [4.69, 9.17) is 18.7 Å². The predicted molar refractivity (Wildman–Crippen MR) is 127 cm³/mol. The molecule has 212 valence electrons. The Kier molecular flexibility index (Phi) is 7.98. The summed E-state index contributed by atoms with van der Waals surface area (Å²) in [5, 5.41) is 0. The zero-order valence-corrected chi connectivity index (χ0v) is 20.6. The van der Waals surface area contributed by atoms with Crippen LogP contribution < -0.4 is 25.7 Å². The summed E-state index contributed by atoms with van der Waals surface area (Å²) in [6.45, 7) is -0.596. The number of rotatable bonds is 9. The van der Waals surface area contributed by atoms with Crippen LogP contribution in [0.3, 0.4) is 0 Å². The number of aromatic amines is 1. The van der Waals surface area contributed by atoms with Crippen molar-refractivity contribution in [2.45, 2.75) is 32.1 Å². The molecule has 0 fully saturated rings. The zero-order valence-electron chi connectivity index (χ0n) is 20.6. The molecule has 0 atom stereocenters. The number of hydrogen-bond donors (Lipinski definition) is 1. The Balaban J connectivity index is 1.62. The van der Waals surface area contributed by atoms with Gasteiger partial charge < -0.3 is 18.7 Å². The van der Waals surface area contributed by atoms with E-state index < -0.39 is 34.9 Å². The summed E-state index contributed by atoms with van der Waals surface area (Å²) in [6.07, 6.45) is -9.01. The van der Waals surface area contributed by atoms with E-state index in [1.165, 1.54) is 43.5 Å². The first-order valence-electron chi connectivity index (χ1n) is 11.4. The summed E-state index contributed by atoms with van der Waals surface area (Å²) in [5.74, 6) is -0.766. The van der Waals surface area contributed by atoms with E-state index in [1.54, 1.807) is 0 Å². The molecule has 0 saturated heterocycles. The minimum atomic E-state index is -4.51. The number of ether oxygens (including phenoxy) is 3. The second-order valence-corrected chi connectivity index (χ2v) is 8.44. The minimum Gasteiger partial charge on any atom is -0.493 e. The van der Waals surface area contributed by atoms with Crippen LogP contribution in [0, 0.1) is 0 Å². The van der Waals surface area contributed by atoms with Crippen LogP contribution in [-0.2, 0) is 32.1 Å². The summed E-state index contributed by atoms with van der Waals surface area (Å²) in [7, 11) is 1.31. The number of hydrogen-bond acceptors (Lipinski definition) is 6. The summed E-state index contributed by atoms with van der Waals surface area (Å²) in [4.78, 5) is 25.2. The third-order valence-electron chi connectivity index (χ3n) is 5.60. The van der Waals surface area contributed by atoms with Crippen LogP contribution in [0.4, 0.5) is 26.3 Å².